The summed E-state index contributed by atoms with van der Waals surface area (Å²) in [5, 5.41) is 6.40. The van der Waals surface area contributed by atoms with Gasteiger partial charge in [-0.25, -0.2) is 9.97 Å². The summed E-state index contributed by atoms with van der Waals surface area (Å²) in [6.45, 7) is 4.91. The van der Waals surface area contributed by atoms with Crippen molar-refractivity contribution >= 4 is 11.6 Å². The van der Waals surface area contributed by atoms with Gasteiger partial charge in [-0.15, -0.1) is 0 Å². The Morgan fingerprint density at radius 2 is 2.06 bits per heavy atom. The van der Waals surface area contributed by atoms with Gasteiger partial charge in [-0.1, -0.05) is 6.92 Å². The molecule has 0 aliphatic heterocycles. The Kier molecular flexibility index (Phi) is 5.69. The van der Waals surface area contributed by atoms with Crippen LogP contribution in [0.15, 0.2) is 6.07 Å². The topological polar surface area (TPSA) is 59.1 Å². The molecule has 0 spiro atoms. The molecule has 2 N–H and O–H groups in total. The molecule has 1 rings (SSSR count). The minimum Gasteiger partial charge on any atom is -0.385 e. The molecule has 1 unspecified atom stereocenters. The average Bonchev–Trinajstić information content (AvgIpc) is 2.35. The SMILES string of the molecule is CCc1nc(NC)cc(NC(C)CCOC)n1. The number of anilines is 2. The van der Waals surface area contributed by atoms with Crippen LogP contribution < -0.4 is 10.6 Å². The number of hydrogen-bond donors (Lipinski definition) is 2. The van der Waals surface area contributed by atoms with E-state index in [1.807, 2.05) is 20.0 Å². The van der Waals surface area contributed by atoms with E-state index in [0.29, 0.717) is 6.04 Å². The van der Waals surface area contributed by atoms with E-state index >= 15 is 0 Å². The minimum atomic E-state index is 0.333. The molecule has 5 nitrogen and oxygen atoms in total. The number of methoxy groups -OCH3 is 1. The van der Waals surface area contributed by atoms with Crippen LogP contribution in [-0.2, 0) is 11.2 Å². The third-order valence-electron chi connectivity index (χ3n) is 2.49. The van der Waals surface area contributed by atoms with Gasteiger partial charge in [0, 0.05) is 39.3 Å². The maximum Gasteiger partial charge on any atom is 0.132 e. The van der Waals surface area contributed by atoms with E-state index in [9.17, 15) is 0 Å². The molecule has 1 atom stereocenters. The molecule has 0 aromatic carbocycles. The fraction of sp³-hybridized carbons (Fsp3) is 0.667. The molecule has 1 heterocycles. The number of nitrogens with one attached hydrogen (secondary N) is 2. The van der Waals surface area contributed by atoms with E-state index in [-0.39, 0.29) is 0 Å². The van der Waals surface area contributed by atoms with Gasteiger partial charge in [0.25, 0.3) is 0 Å². The first kappa shape index (κ1) is 13.7. The zero-order valence-corrected chi connectivity index (χ0v) is 11.1. The Labute approximate surface area is 103 Å². The normalized spacial score (nSPS) is 12.2. The summed E-state index contributed by atoms with van der Waals surface area (Å²) < 4.78 is 5.05. The zero-order chi connectivity index (χ0) is 12.7. The van der Waals surface area contributed by atoms with Crippen molar-refractivity contribution in [1.82, 2.24) is 9.97 Å². The van der Waals surface area contributed by atoms with Gasteiger partial charge in [-0.05, 0) is 13.3 Å². The van der Waals surface area contributed by atoms with Crippen molar-refractivity contribution in [2.45, 2.75) is 32.7 Å². The summed E-state index contributed by atoms with van der Waals surface area (Å²) >= 11 is 0. The Bertz CT molecular complexity index is 321. The molecular formula is C12H22N4O. The van der Waals surface area contributed by atoms with E-state index in [0.717, 1.165) is 36.9 Å². The third kappa shape index (κ3) is 4.56. The summed E-state index contributed by atoms with van der Waals surface area (Å²) in [5.74, 6) is 2.56. The van der Waals surface area contributed by atoms with Crippen LogP contribution in [0.5, 0.6) is 0 Å². The first-order valence-electron chi connectivity index (χ1n) is 6.00. The Hall–Kier alpha value is -1.36. The van der Waals surface area contributed by atoms with Crippen molar-refractivity contribution < 1.29 is 4.74 Å². The lowest BCUT2D eigenvalue weighted by atomic mass is 10.2. The molecule has 0 saturated heterocycles. The predicted octanol–water partition coefficient (Wildman–Crippen LogP) is 1.92. The number of aromatic nitrogens is 2. The number of rotatable bonds is 7. The Morgan fingerprint density at radius 3 is 2.65 bits per heavy atom. The highest BCUT2D eigenvalue weighted by atomic mass is 16.5. The van der Waals surface area contributed by atoms with Crippen LogP contribution in [-0.4, -0.2) is 36.8 Å². The highest BCUT2D eigenvalue weighted by Crippen LogP contribution is 2.13. The highest BCUT2D eigenvalue weighted by molar-refractivity contribution is 5.47. The van der Waals surface area contributed by atoms with E-state index in [4.69, 9.17) is 4.74 Å². The van der Waals surface area contributed by atoms with Gasteiger partial charge in [-0.3, -0.25) is 0 Å². The van der Waals surface area contributed by atoms with Crippen molar-refractivity contribution in [2.75, 3.05) is 31.4 Å². The quantitative estimate of drug-likeness (QED) is 0.760. The van der Waals surface area contributed by atoms with Gasteiger partial charge >= 0.3 is 0 Å². The second kappa shape index (κ2) is 7.06. The van der Waals surface area contributed by atoms with Crippen molar-refractivity contribution in [3.8, 4) is 0 Å². The number of ether oxygens (including phenoxy) is 1. The van der Waals surface area contributed by atoms with Crippen LogP contribution in [0.1, 0.15) is 26.1 Å². The minimum absolute atomic E-state index is 0.333. The summed E-state index contributed by atoms with van der Waals surface area (Å²) in [6.07, 6.45) is 1.79. The van der Waals surface area contributed by atoms with Gasteiger partial charge in [0.15, 0.2) is 0 Å². The number of hydrogen-bond acceptors (Lipinski definition) is 5. The van der Waals surface area contributed by atoms with Gasteiger partial charge < -0.3 is 15.4 Å². The lowest BCUT2D eigenvalue weighted by Crippen LogP contribution is -2.18. The summed E-state index contributed by atoms with van der Waals surface area (Å²) in [7, 11) is 3.58. The molecule has 17 heavy (non-hydrogen) atoms. The van der Waals surface area contributed by atoms with Crippen molar-refractivity contribution in [3.63, 3.8) is 0 Å². The molecule has 5 heteroatoms. The van der Waals surface area contributed by atoms with Gasteiger partial charge in [0.05, 0.1) is 0 Å². The van der Waals surface area contributed by atoms with Crippen LogP contribution in [0.4, 0.5) is 11.6 Å². The summed E-state index contributed by atoms with van der Waals surface area (Å²) in [4.78, 5) is 8.80. The van der Waals surface area contributed by atoms with Crippen LogP contribution in [0, 0.1) is 0 Å². The Balaban J connectivity index is 2.68. The molecule has 0 saturated carbocycles. The third-order valence-corrected chi connectivity index (χ3v) is 2.49. The lowest BCUT2D eigenvalue weighted by Gasteiger charge is -2.15. The molecule has 0 fully saturated rings. The van der Waals surface area contributed by atoms with E-state index in [1.165, 1.54) is 0 Å². The smallest absolute Gasteiger partial charge is 0.132 e. The molecule has 1 aromatic rings. The van der Waals surface area contributed by atoms with E-state index in [1.54, 1.807) is 7.11 Å². The molecule has 0 amide bonds. The fourth-order valence-corrected chi connectivity index (χ4v) is 1.48. The standard InChI is InChI=1S/C12H22N4O/c1-5-10-15-11(13-3)8-12(16-10)14-9(2)6-7-17-4/h8-9H,5-7H2,1-4H3,(H2,13,14,15,16). The van der Waals surface area contributed by atoms with Crippen LogP contribution in [0.2, 0.25) is 0 Å². The number of nitrogens with zero attached hydrogens (tertiary/aromatic N) is 2. The molecule has 0 aliphatic carbocycles. The second-order valence-corrected chi connectivity index (χ2v) is 3.99. The second-order valence-electron chi connectivity index (χ2n) is 3.99. The maximum absolute atomic E-state index is 5.05. The van der Waals surface area contributed by atoms with Crippen LogP contribution in [0.3, 0.4) is 0 Å². The monoisotopic (exact) mass is 238 g/mol. The van der Waals surface area contributed by atoms with E-state index in [2.05, 4.69) is 27.5 Å². The number of aryl methyl sites for hydroxylation is 1. The largest absolute Gasteiger partial charge is 0.385 e. The molecule has 0 aliphatic rings. The predicted molar refractivity (Wildman–Crippen MR) is 70.5 cm³/mol. The maximum atomic E-state index is 5.05. The molecule has 1 aromatic heterocycles. The molecule has 96 valence electrons. The summed E-state index contributed by atoms with van der Waals surface area (Å²) in [6, 6.07) is 2.25. The van der Waals surface area contributed by atoms with Gasteiger partial charge in [-0.2, -0.15) is 0 Å². The molecular weight excluding hydrogens is 216 g/mol. The van der Waals surface area contributed by atoms with Crippen LogP contribution in [0.25, 0.3) is 0 Å². The Morgan fingerprint density at radius 1 is 1.35 bits per heavy atom. The summed E-state index contributed by atoms with van der Waals surface area (Å²) in [5.41, 5.74) is 0. The lowest BCUT2D eigenvalue weighted by molar-refractivity contribution is 0.191. The first-order valence-corrected chi connectivity index (χ1v) is 6.00. The van der Waals surface area contributed by atoms with Gasteiger partial charge in [0.1, 0.15) is 17.5 Å². The van der Waals surface area contributed by atoms with Gasteiger partial charge in [0.2, 0.25) is 0 Å². The molecule has 0 bridgehead atoms. The highest BCUT2D eigenvalue weighted by Gasteiger charge is 2.06. The fourth-order valence-electron chi connectivity index (χ4n) is 1.48. The van der Waals surface area contributed by atoms with Crippen molar-refractivity contribution in [2.24, 2.45) is 0 Å². The van der Waals surface area contributed by atoms with E-state index < -0.39 is 0 Å². The molecule has 0 radical (unpaired) electrons. The zero-order valence-electron chi connectivity index (χ0n) is 11.1. The first-order chi connectivity index (χ1) is 8.19. The van der Waals surface area contributed by atoms with Crippen molar-refractivity contribution in [1.29, 1.82) is 0 Å². The van der Waals surface area contributed by atoms with Crippen LogP contribution >= 0.6 is 0 Å². The average molecular weight is 238 g/mol. The van der Waals surface area contributed by atoms with Crippen molar-refractivity contribution in [3.05, 3.63) is 11.9 Å².